The van der Waals surface area contributed by atoms with Crippen LogP contribution in [0.15, 0.2) is 64.8 Å². The molecule has 2 aliphatic rings. The number of nitrogens with zero attached hydrogens (tertiary/aromatic N) is 2. The third kappa shape index (κ3) is 5.60. The molecule has 3 N–H and O–H groups in total. The molecule has 4 rings (SSSR count). The fraction of sp³-hybridized carbons (Fsp3) is 0.391. The van der Waals surface area contributed by atoms with E-state index in [1.54, 1.807) is 24.4 Å². The number of pyridine rings is 1. The van der Waals surface area contributed by atoms with Gasteiger partial charge in [-0.2, -0.15) is 4.72 Å². The molecule has 0 unspecified atom stereocenters. The van der Waals surface area contributed by atoms with Crippen molar-refractivity contribution in [2.24, 2.45) is 5.16 Å². The number of carbonyl (C=O) groups excluding carboxylic acids is 2. The Labute approximate surface area is 198 Å². The van der Waals surface area contributed by atoms with Crippen LogP contribution in [0.5, 0.6) is 0 Å². The van der Waals surface area contributed by atoms with Crippen molar-refractivity contribution in [2.75, 3.05) is 5.32 Å². The van der Waals surface area contributed by atoms with Crippen molar-refractivity contribution in [2.45, 2.75) is 61.7 Å². The van der Waals surface area contributed by atoms with Crippen molar-refractivity contribution in [3.63, 3.8) is 0 Å². The highest BCUT2D eigenvalue weighted by atomic mass is 32.2. The summed E-state index contributed by atoms with van der Waals surface area (Å²) in [4.78, 5) is 34.8. The maximum Gasteiger partial charge on any atom is 0.270 e. The summed E-state index contributed by atoms with van der Waals surface area (Å²) in [6, 6.07) is 13.6. The number of ketones is 1. The number of benzene rings is 1. The molecular formula is C23H27N5O5S. The molecule has 1 amide bonds. The van der Waals surface area contributed by atoms with E-state index in [-0.39, 0.29) is 16.6 Å². The Morgan fingerprint density at radius 2 is 1.79 bits per heavy atom. The van der Waals surface area contributed by atoms with Crippen molar-refractivity contribution >= 4 is 33.2 Å². The quantitative estimate of drug-likeness (QED) is 0.486. The smallest absolute Gasteiger partial charge is 0.270 e. The fourth-order valence-corrected chi connectivity index (χ4v) is 5.29. The standard InChI is InChI=1S/C23H27N5O5S/c1-16(29)21(28-34(31,32)18-7-3-2-4-8-18)26-22(30)19-15-23(33-27-19)12-10-17(11-13-23)25-20-9-5-6-14-24-20/h2-9,14,17,21,28H,10-13,15H2,1H3,(H,24,25)(H,26,30)/t17?,21-,23?/m1/s1. The van der Waals surface area contributed by atoms with Gasteiger partial charge in [0.25, 0.3) is 5.91 Å². The van der Waals surface area contributed by atoms with Crippen molar-refractivity contribution in [1.29, 1.82) is 0 Å². The van der Waals surface area contributed by atoms with Crippen molar-refractivity contribution in [3.05, 3.63) is 54.7 Å². The highest BCUT2D eigenvalue weighted by molar-refractivity contribution is 7.89. The molecule has 1 aromatic carbocycles. The summed E-state index contributed by atoms with van der Waals surface area (Å²) in [5.41, 5.74) is -0.425. The van der Waals surface area contributed by atoms with Gasteiger partial charge in [-0.1, -0.05) is 29.4 Å². The zero-order chi connectivity index (χ0) is 24.2. The first kappa shape index (κ1) is 23.8. The topological polar surface area (TPSA) is 139 Å². The lowest BCUT2D eigenvalue weighted by Gasteiger charge is -2.35. The van der Waals surface area contributed by atoms with Crippen LogP contribution in [0.4, 0.5) is 5.82 Å². The maximum absolute atomic E-state index is 12.8. The first-order valence-electron chi connectivity index (χ1n) is 11.1. The second-order valence-corrected chi connectivity index (χ2v) is 10.3. The molecule has 1 fully saturated rings. The van der Waals surface area contributed by atoms with Crippen molar-refractivity contribution in [1.82, 2.24) is 15.0 Å². The highest BCUT2D eigenvalue weighted by Gasteiger charge is 2.44. The SMILES string of the molecule is CC(=O)[C@H](NC(=O)C1=NOC2(CCC(Nc3ccccn3)CC2)C1)NS(=O)(=O)c1ccccc1. The van der Waals surface area contributed by atoms with E-state index in [0.717, 1.165) is 18.7 Å². The van der Waals surface area contributed by atoms with E-state index >= 15 is 0 Å². The van der Waals surface area contributed by atoms with Gasteiger partial charge in [-0.25, -0.2) is 13.4 Å². The van der Waals surface area contributed by atoms with Gasteiger partial charge >= 0.3 is 0 Å². The lowest BCUT2D eigenvalue weighted by Crippen LogP contribution is -2.53. The average Bonchev–Trinajstić information content (AvgIpc) is 3.25. The number of hydrogen-bond acceptors (Lipinski definition) is 8. The Balaban J connectivity index is 1.32. The van der Waals surface area contributed by atoms with Crippen molar-refractivity contribution < 1.29 is 22.8 Å². The third-order valence-corrected chi connectivity index (χ3v) is 7.46. The summed E-state index contributed by atoms with van der Waals surface area (Å²) in [7, 11) is -4.00. The van der Waals surface area contributed by atoms with Crippen LogP contribution in [0.25, 0.3) is 0 Å². The number of nitrogens with one attached hydrogen (secondary N) is 3. The van der Waals surface area contributed by atoms with Crippen LogP contribution < -0.4 is 15.4 Å². The molecule has 1 aromatic heterocycles. The minimum atomic E-state index is -4.00. The number of amides is 1. The van der Waals surface area contributed by atoms with Crippen LogP contribution in [-0.4, -0.2) is 48.6 Å². The van der Waals surface area contributed by atoms with Gasteiger partial charge in [0.2, 0.25) is 10.0 Å². The normalized spacial score (nSPS) is 23.0. The number of sulfonamides is 1. The average molecular weight is 486 g/mol. The van der Waals surface area contributed by atoms with Crippen LogP contribution in [-0.2, 0) is 24.4 Å². The molecule has 1 aliphatic carbocycles. The molecule has 0 radical (unpaired) electrons. The number of carbonyl (C=O) groups is 2. The zero-order valence-corrected chi connectivity index (χ0v) is 19.5. The Morgan fingerprint density at radius 1 is 1.09 bits per heavy atom. The lowest BCUT2D eigenvalue weighted by atomic mass is 9.79. The predicted octanol–water partition coefficient (Wildman–Crippen LogP) is 1.96. The van der Waals surface area contributed by atoms with Crippen LogP contribution in [0.2, 0.25) is 0 Å². The number of aromatic nitrogens is 1. The minimum Gasteiger partial charge on any atom is -0.388 e. The lowest BCUT2D eigenvalue weighted by molar-refractivity contribution is -0.123. The molecule has 34 heavy (non-hydrogen) atoms. The third-order valence-electron chi connectivity index (χ3n) is 6.02. The number of oxime groups is 1. The van der Waals surface area contributed by atoms with E-state index in [1.165, 1.54) is 19.1 Å². The molecule has 1 atom stereocenters. The van der Waals surface area contributed by atoms with Crippen LogP contribution >= 0.6 is 0 Å². The number of anilines is 1. The maximum atomic E-state index is 12.8. The molecule has 0 bridgehead atoms. The van der Waals surface area contributed by atoms with Gasteiger partial charge in [-0.3, -0.25) is 9.59 Å². The predicted molar refractivity (Wildman–Crippen MR) is 125 cm³/mol. The van der Waals surface area contributed by atoms with Gasteiger partial charge in [0.1, 0.15) is 17.1 Å². The fourth-order valence-electron chi connectivity index (χ4n) is 4.11. The summed E-state index contributed by atoms with van der Waals surface area (Å²) in [5.74, 6) is -0.370. The second-order valence-electron chi connectivity index (χ2n) is 8.57. The summed E-state index contributed by atoms with van der Waals surface area (Å²) >= 11 is 0. The van der Waals surface area contributed by atoms with Crippen molar-refractivity contribution in [3.8, 4) is 0 Å². The van der Waals surface area contributed by atoms with Gasteiger partial charge < -0.3 is 15.5 Å². The zero-order valence-electron chi connectivity index (χ0n) is 18.7. The van der Waals surface area contributed by atoms with Gasteiger partial charge in [-0.15, -0.1) is 0 Å². The summed E-state index contributed by atoms with van der Waals surface area (Å²) in [6.07, 6.45) is 3.67. The molecule has 1 spiro atoms. The molecule has 2 aromatic rings. The molecule has 11 heteroatoms. The summed E-state index contributed by atoms with van der Waals surface area (Å²) in [6.45, 7) is 1.20. The Morgan fingerprint density at radius 3 is 2.44 bits per heavy atom. The first-order valence-corrected chi connectivity index (χ1v) is 12.6. The van der Waals surface area contributed by atoms with E-state index in [2.05, 4.69) is 25.5 Å². The molecular weight excluding hydrogens is 458 g/mol. The van der Waals surface area contributed by atoms with E-state index in [4.69, 9.17) is 4.84 Å². The molecule has 1 aliphatic heterocycles. The van der Waals surface area contributed by atoms with Crippen LogP contribution in [0.1, 0.15) is 39.0 Å². The molecule has 2 heterocycles. The van der Waals surface area contributed by atoms with Crippen LogP contribution in [0, 0.1) is 0 Å². The molecule has 1 saturated carbocycles. The van der Waals surface area contributed by atoms with E-state index in [1.807, 2.05) is 18.2 Å². The number of hydrogen-bond donors (Lipinski definition) is 3. The summed E-state index contributed by atoms with van der Waals surface area (Å²) in [5, 5.41) is 9.82. The highest BCUT2D eigenvalue weighted by Crippen LogP contribution is 2.39. The van der Waals surface area contributed by atoms with Gasteiger partial charge in [0.15, 0.2) is 11.9 Å². The van der Waals surface area contributed by atoms with E-state index in [9.17, 15) is 18.0 Å². The monoisotopic (exact) mass is 485 g/mol. The Bertz CT molecular complexity index is 1160. The minimum absolute atomic E-state index is 0.00735. The number of rotatable bonds is 8. The largest absolute Gasteiger partial charge is 0.388 e. The van der Waals surface area contributed by atoms with E-state index < -0.39 is 33.5 Å². The molecule has 0 saturated heterocycles. The van der Waals surface area contributed by atoms with Gasteiger partial charge in [-0.05, 0) is 56.9 Å². The molecule has 10 nitrogen and oxygen atoms in total. The Kier molecular flexibility index (Phi) is 6.94. The second kappa shape index (κ2) is 9.90. The Hall–Kier alpha value is -3.31. The summed E-state index contributed by atoms with van der Waals surface area (Å²) < 4.78 is 27.4. The van der Waals surface area contributed by atoms with E-state index in [0.29, 0.717) is 19.3 Å². The van der Waals surface area contributed by atoms with Gasteiger partial charge in [0.05, 0.1) is 4.90 Å². The molecule has 180 valence electrons. The number of Topliss-reactive ketones (excluding diaryl/α,β-unsaturated/α-hetero) is 1. The first-order chi connectivity index (χ1) is 16.3. The van der Waals surface area contributed by atoms with Crippen LogP contribution in [0.3, 0.4) is 0 Å². The van der Waals surface area contributed by atoms with Gasteiger partial charge in [0, 0.05) is 18.7 Å².